The molecule has 0 fully saturated rings. The number of benzene rings is 1. The third kappa shape index (κ3) is 3.72. The Labute approximate surface area is 103 Å². The summed E-state index contributed by atoms with van der Waals surface area (Å²) < 4.78 is 0. The van der Waals surface area contributed by atoms with Crippen molar-refractivity contribution in [3.63, 3.8) is 0 Å². The molecular formula is C11H12ClNO4. The van der Waals surface area contributed by atoms with Crippen LogP contribution in [0.1, 0.15) is 15.9 Å². The van der Waals surface area contributed by atoms with Crippen LogP contribution in [-0.2, 0) is 4.79 Å². The zero-order valence-corrected chi connectivity index (χ0v) is 9.86. The first kappa shape index (κ1) is 13.5. The predicted octanol–water partition coefficient (Wildman–Crippen LogP) is 0.824. The highest BCUT2D eigenvalue weighted by Crippen LogP contribution is 2.15. The molecule has 92 valence electrons. The predicted molar refractivity (Wildman–Crippen MR) is 62.2 cm³/mol. The maximum absolute atomic E-state index is 11.7. The highest BCUT2D eigenvalue weighted by Gasteiger charge is 2.15. The normalized spacial score (nSPS) is 11.9. The fourth-order valence-corrected chi connectivity index (χ4v) is 1.38. The Morgan fingerprint density at radius 1 is 1.47 bits per heavy atom. The van der Waals surface area contributed by atoms with E-state index in [0.717, 1.165) is 5.56 Å². The molecule has 0 heterocycles. The quantitative estimate of drug-likeness (QED) is 0.745. The Bertz CT molecular complexity index is 447. The van der Waals surface area contributed by atoms with Crippen molar-refractivity contribution in [1.29, 1.82) is 0 Å². The van der Waals surface area contributed by atoms with Crippen LogP contribution < -0.4 is 5.32 Å². The molecule has 0 unspecified atom stereocenters. The van der Waals surface area contributed by atoms with Crippen LogP contribution >= 0.6 is 11.6 Å². The summed E-state index contributed by atoms with van der Waals surface area (Å²) in [6.45, 7) is 1.39. The lowest BCUT2D eigenvalue weighted by atomic mass is 10.1. The lowest BCUT2D eigenvalue weighted by Crippen LogP contribution is -2.36. The third-order valence-electron chi connectivity index (χ3n) is 2.19. The van der Waals surface area contributed by atoms with Crippen molar-refractivity contribution in [3.8, 4) is 0 Å². The van der Waals surface area contributed by atoms with Crippen LogP contribution in [-0.4, -0.2) is 34.7 Å². The number of carboxylic acids is 1. The van der Waals surface area contributed by atoms with Gasteiger partial charge >= 0.3 is 5.97 Å². The van der Waals surface area contributed by atoms with Gasteiger partial charge in [-0.25, -0.2) is 4.79 Å². The molecule has 0 spiro atoms. The van der Waals surface area contributed by atoms with E-state index in [4.69, 9.17) is 21.8 Å². The van der Waals surface area contributed by atoms with Crippen LogP contribution in [0, 0.1) is 6.92 Å². The van der Waals surface area contributed by atoms with Crippen molar-refractivity contribution in [2.45, 2.75) is 13.0 Å². The number of carbonyl (C=O) groups excluding carboxylic acids is 1. The maximum Gasteiger partial charge on any atom is 0.334 e. The third-order valence-corrected chi connectivity index (χ3v) is 2.42. The SMILES string of the molecule is Cc1ccc(Cl)cc1C(=O)NC[C@H](O)C(=O)O. The number of nitrogens with one attached hydrogen (secondary N) is 1. The first-order valence-corrected chi connectivity index (χ1v) is 5.25. The summed E-state index contributed by atoms with van der Waals surface area (Å²) in [4.78, 5) is 22.0. The number of carboxylic acid groups (broad SMARTS) is 1. The van der Waals surface area contributed by atoms with Crippen LogP contribution in [0.15, 0.2) is 18.2 Å². The second-order valence-electron chi connectivity index (χ2n) is 3.52. The largest absolute Gasteiger partial charge is 0.479 e. The minimum atomic E-state index is -1.61. The number of hydrogen-bond acceptors (Lipinski definition) is 3. The van der Waals surface area contributed by atoms with Crippen molar-refractivity contribution in [2.24, 2.45) is 0 Å². The number of hydrogen-bond donors (Lipinski definition) is 3. The molecule has 0 saturated heterocycles. The van der Waals surface area contributed by atoms with Crippen molar-refractivity contribution in [3.05, 3.63) is 34.3 Å². The van der Waals surface area contributed by atoms with Gasteiger partial charge in [0.05, 0.1) is 6.54 Å². The summed E-state index contributed by atoms with van der Waals surface area (Å²) in [5, 5.41) is 20.2. The van der Waals surface area contributed by atoms with Crippen molar-refractivity contribution in [2.75, 3.05) is 6.54 Å². The summed E-state index contributed by atoms with van der Waals surface area (Å²) in [7, 11) is 0. The van der Waals surface area contributed by atoms with Gasteiger partial charge in [0.15, 0.2) is 6.10 Å². The number of aliphatic hydroxyl groups excluding tert-OH is 1. The van der Waals surface area contributed by atoms with E-state index in [1.807, 2.05) is 0 Å². The van der Waals surface area contributed by atoms with E-state index >= 15 is 0 Å². The molecule has 3 N–H and O–H groups in total. The molecule has 1 rings (SSSR count). The molecule has 1 aromatic rings. The second-order valence-corrected chi connectivity index (χ2v) is 3.96. The van der Waals surface area contributed by atoms with E-state index in [-0.39, 0.29) is 6.54 Å². The minimum absolute atomic E-state index is 0.347. The highest BCUT2D eigenvalue weighted by atomic mass is 35.5. The van der Waals surface area contributed by atoms with Crippen LogP contribution in [0.3, 0.4) is 0 Å². The lowest BCUT2D eigenvalue weighted by molar-refractivity contribution is -0.146. The summed E-state index contributed by atoms with van der Waals surface area (Å²) in [5.41, 5.74) is 1.08. The monoisotopic (exact) mass is 257 g/mol. The number of carbonyl (C=O) groups is 2. The van der Waals surface area contributed by atoms with Crippen LogP contribution in [0.5, 0.6) is 0 Å². The first-order valence-electron chi connectivity index (χ1n) is 4.87. The molecule has 0 bridgehead atoms. The van der Waals surface area contributed by atoms with E-state index in [2.05, 4.69) is 5.32 Å². The van der Waals surface area contributed by atoms with Crippen molar-refractivity contribution in [1.82, 2.24) is 5.32 Å². The smallest absolute Gasteiger partial charge is 0.334 e. The molecule has 17 heavy (non-hydrogen) atoms. The molecule has 1 atom stereocenters. The molecule has 0 aliphatic carbocycles. The average Bonchev–Trinajstić information content (AvgIpc) is 2.28. The van der Waals surface area contributed by atoms with E-state index in [1.165, 1.54) is 6.07 Å². The Balaban J connectivity index is 2.70. The molecule has 5 nitrogen and oxygen atoms in total. The Morgan fingerprint density at radius 3 is 2.71 bits per heavy atom. The maximum atomic E-state index is 11.7. The van der Waals surface area contributed by atoms with Gasteiger partial charge in [0.2, 0.25) is 0 Å². The number of aliphatic carboxylic acids is 1. The lowest BCUT2D eigenvalue weighted by Gasteiger charge is -2.09. The molecule has 1 amide bonds. The summed E-state index contributed by atoms with van der Waals surface area (Å²) in [6.07, 6.45) is -1.61. The Kier molecular flexibility index (Phi) is 4.48. The van der Waals surface area contributed by atoms with Crippen molar-refractivity contribution >= 4 is 23.5 Å². The number of rotatable bonds is 4. The van der Waals surface area contributed by atoms with E-state index in [0.29, 0.717) is 10.6 Å². The van der Waals surface area contributed by atoms with Gasteiger partial charge in [-0.2, -0.15) is 0 Å². The second kappa shape index (κ2) is 5.65. The highest BCUT2D eigenvalue weighted by molar-refractivity contribution is 6.31. The van der Waals surface area contributed by atoms with E-state index in [9.17, 15) is 9.59 Å². The molecule has 6 heteroatoms. The number of halogens is 1. The number of aryl methyl sites for hydroxylation is 1. The van der Waals surface area contributed by atoms with Crippen molar-refractivity contribution < 1.29 is 19.8 Å². The number of aliphatic hydroxyl groups is 1. The molecule has 0 radical (unpaired) electrons. The molecule has 0 aliphatic heterocycles. The zero-order valence-electron chi connectivity index (χ0n) is 9.11. The molecule has 1 aromatic carbocycles. The van der Waals surface area contributed by atoms with E-state index < -0.39 is 18.0 Å². The van der Waals surface area contributed by atoms with Gasteiger partial charge in [0.1, 0.15) is 0 Å². The molecule has 0 aromatic heterocycles. The van der Waals surface area contributed by atoms with Gasteiger partial charge in [-0.15, -0.1) is 0 Å². The van der Waals surface area contributed by atoms with Crippen LogP contribution in [0.4, 0.5) is 0 Å². The molecular weight excluding hydrogens is 246 g/mol. The molecule has 0 saturated carbocycles. The Hall–Kier alpha value is -1.59. The van der Waals surface area contributed by atoms with Gasteiger partial charge in [-0.05, 0) is 24.6 Å². The van der Waals surface area contributed by atoms with Gasteiger partial charge in [-0.3, -0.25) is 4.79 Å². The summed E-state index contributed by atoms with van der Waals surface area (Å²) >= 11 is 5.75. The first-order chi connectivity index (χ1) is 7.91. The number of amides is 1. The average molecular weight is 258 g/mol. The van der Waals surface area contributed by atoms with E-state index in [1.54, 1.807) is 19.1 Å². The fourth-order valence-electron chi connectivity index (χ4n) is 1.21. The summed E-state index contributed by atoms with van der Waals surface area (Å²) in [6, 6.07) is 4.82. The topological polar surface area (TPSA) is 86.6 Å². The van der Waals surface area contributed by atoms with Gasteiger partial charge in [-0.1, -0.05) is 17.7 Å². The van der Waals surface area contributed by atoms with Crippen LogP contribution in [0.25, 0.3) is 0 Å². The minimum Gasteiger partial charge on any atom is -0.479 e. The standard InChI is InChI=1S/C11H12ClNO4/c1-6-2-3-7(12)4-8(6)10(15)13-5-9(14)11(16)17/h2-4,9,14H,5H2,1H3,(H,13,15)(H,16,17)/t9-/m0/s1. The van der Waals surface area contributed by atoms with Gasteiger partial charge in [0, 0.05) is 10.6 Å². The molecule has 0 aliphatic rings. The Morgan fingerprint density at radius 2 is 2.12 bits per heavy atom. The van der Waals surface area contributed by atoms with Crippen LogP contribution in [0.2, 0.25) is 5.02 Å². The van der Waals surface area contributed by atoms with Gasteiger partial charge in [0.25, 0.3) is 5.91 Å². The fraction of sp³-hybridized carbons (Fsp3) is 0.273. The zero-order chi connectivity index (χ0) is 13.0. The van der Waals surface area contributed by atoms with Gasteiger partial charge < -0.3 is 15.5 Å². The summed E-state index contributed by atoms with van der Waals surface area (Å²) in [5.74, 6) is -1.85.